The van der Waals surface area contributed by atoms with Crippen molar-refractivity contribution >= 4 is 65.2 Å². The summed E-state index contributed by atoms with van der Waals surface area (Å²) in [5, 5.41) is 9.92. The SMILES string of the molecule is c1ccc(C2(c3ccccc3)c3ccccc3-c3c2ccc2c4cc(-c5ccc6c(c5)c5ccccc5n6-c5cccc6ccccc56)ccc4n(-c4cccc5ccccc45)c32)cc1. The number of benzene rings is 11. The Morgan fingerprint density at radius 3 is 1.45 bits per heavy atom. The molecule has 1 aliphatic rings. The van der Waals surface area contributed by atoms with E-state index in [0.717, 1.165) is 0 Å². The molecule has 0 spiro atoms. The summed E-state index contributed by atoms with van der Waals surface area (Å²) in [7, 11) is 0. The maximum atomic E-state index is 2.57. The Kier molecular flexibility index (Phi) is 7.64. The maximum absolute atomic E-state index is 2.57. The van der Waals surface area contributed by atoms with Gasteiger partial charge in [-0.05, 0) is 92.2 Å². The van der Waals surface area contributed by atoms with E-state index in [1.807, 2.05) is 0 Å². The van der Waals surface area contributed by atoms with Crippen LogP contribution in [0.4, 0.5) is 0 Å². The van der Waals surface area contributed by atoms with Crippen LogP contribution in [-0.2, 0) is 5.41 Å². The minimum Gasteiger partial charge on any atom is -0.309 e. The molecule has 0 aliphatic heterocycles. The van der Waals surface area contributed by atoms with Crippen molar-refractivity contribution in [1.82, 2.24) is 9.13 Å². The number of para-hydroxylation sites is 1. The second-order valence-corrected chi connectivity index (χ2v) is 17.6. The molecule has 1 aliphatic carbocycles. The van der Waals surface area contributed by atoms with Crippen LogP contribution in [0, 0.1) is 0 Å². The van der Waals surface area contributed by atoms with Crippen molar-refractivity contribution in [3.8, 4) is 33.6 Å². The molecule has 0 unspecified atom stereocenters. The van der Waals surface area contributed by atoms with Gasteiger partial charge in [-0.15, -0.1) is 0 Å². The van der Waals surface area contributed by atoms with E-state index in [9.17, 15) is 0 Å². The fraction of sp³-hybridized carbons (Fsp3) is 0.0159. The lowest BCUT2D eigenvalue weighted by Crippen LogP contribution is -2.28. The minimum absolute atomic E-state index is 0.505. The van der Waals surface area contributed by atoms with Gasteiger partial charge in [-0.1, -0.05) is 200 Å². The third-order valence-electron chi connectivity index (χ3n) is 14.4. The maximum Gasteiger partial charge on any atom is 0.0714 e. The Bertz CT molecular complexity index is 4010. The van der Waals surface area contributed by atoms with Crippen LogP contribution < -0.4 is 0 Å². The van der Waals surface area contributed by atoms with Gasteiger partial charge in [0.1, 0.15) is 0 Å². The van der Waals surface area contributed by atoms with E-state index in [4.69, 9.17) is 0 Å². The van der Waals surface area contributed by atoms with Crippen LogP contribution in [0.2, 0.25) is 0 Å². The van der Waals surface area contributed by atoms with Gasteiger partial charge in [-0.25, -0.2) is 0 Å². The monoisotopic (exact) mass is 824 g/mol. The van der Waals surface area contributed by atoms with Crippen LogP contribution in [0.25, 0.3) is 98.8 Å². The molecular weight excluding hydrogens is 785 g/mol. The van der Waals surface area contributed by atoms with Crippen molar-refractivity contribution < 1.29 is 0 Å². The number of aromatic nitrogens is 2. The molecule has 0 saturated heterocycles. The van der Waals surface area contributed by atoms with E-state index < -0.39 is 5.41 Å². The summed E-state index contributed by atoms with van der Waals surface area (Å²) < 4.78 is 5.01. The van der Waals surface area contributed by atoms with Crippen LogP contribution in [0.1, 0.15) is 22.3 Å². The molecule has 2 heterocycles. The van der Waals surface area contributed by atoms with Crippen LogP contribution in [0.3, 0.4) is 0 Å². The second kappa shape index (κ2) is 13.8. The lowest BCUT2D eigenvalue weighted by Gasteiger charge is -2.33. The predicted octanol–water partition coefficient (Wildman–Crippen LogP) is 16.2. The molecular formula is C63H40N2. The molecule has 2 heteroatoms. The first-order valence-corrected chi connectivity index (χ1v) is 22.6. The molecule has 11 aromatic carbocycles. The van der Waals surface area contributed by atoms with Gasteiger partial charge < -0.3 is 9.13 Å². The van der Waals surface area contributed by atoms with E-state index in [1.54, 1.807) is 0 Å². The zero-order valence-corrected chi connectivity index (χ0v) is 35.5. The average molecular weight is 825 g/mol. The molecule has 2 aromatic heterocycles. The molecule has 0 saturated carbocycles. The fourth-order valence-electron chi connectivity index (χ4n) is 11.7. The van der Waals surface area contributed by atoms with Crippen molar-refractivity contribution in [2.75, 3.05) is 0 Å². The first-order valence-electron chi connectivity index (χ1n) is 22.6. The van der Waals surface area contributed by atoms with Gasteiger partial charge in [-0.2, -0.15) is 0 Å². The van der Waals surface area contributed by atoms with Gasteiger partial charge in [0.15, 0.2) is 0 Å². The van der Waals surface area contributed by atoms with Crippen molar-refractivity contribution in [1.29, 1.82) is 0 Å². The molecule has 0 amide bonds. The average Bonchev–Trinajstić information content (AvgIpc) is 4.00. The van der Waals surface area contributed by atoms with Gasteiger partial charge in [-0.3, -0.25) is 0 Å². The van der Waals surface area contributed by atoms with E-state index in [-0.39, 0.29) is 0 Å². The third kappa shape index (κ3) is 4.99. The largest absolute Gasteiger partial charge is 0.309 e. The number of nitrogens with zero attached hydrogens (tertiary/aromatic N) is 2. The summed E-state index contributed by atoms with van der Waals surface area (Å²) in [6.07, 6.45) is 0. The van der Waals surface area contributed by atoms with Crippen molar-refractivity contribution in [2.45, 2.75) is 5.41 Å². The van der Waals surface area contributed by atoms with Crippen LogP contribution >= 0.6 is 0 Å². The first kappa shape index (κ1) is 36.1. The molecule has 14 rings (SSSR count). The Labute approximate surface area is 376 Å². The summed E-state index contributed by atoms with van der Waals surface area (Å²) >= 11 is 0. The van der Waals surface area contributed by atoms with Gasteiger partial charge in [0, 0.05) is 37.9 Å². The Morgan fingerprint density at radius 1 is 0.292 bits per heavy atom. The van der Waals surface area contributed by atoms with Crippen LogP contribution in [0.15, 0.2) is 243 Å². The molecule has 0 bridgehead atoms. The summed E-state index contributed by atoms with van der Waals surface area (Å²) in [4.78, 5) is 0. The minimum atomic E-state index is -0.505. The van der Waals surface area contributed by atoms with Crippen molar-refractivity contribution in [3.05, 3.63) is 265 Å². The van der Waals surface area contributed by atoms with Gasteiger partial charge in [0.25, 0.3) is 0 Å². The zero-order chi connectivity index (χ0) is 42.6. The quantitative estimate of drug-likeness (QED) is 0.164. The fourth-order valence-corrected chi connectivity index (χ4v) is 11.7. The normalized spacial score (nSPS) is 13.0. The van der Waals surface area contributed by atoms with E-state index in [1.165, 1.54) is 121 Å². The smallest absolute Gasteiger partial charge is 0.0714 e. The Hall–Kier alpha value is -8.46. The lowest BCUT2D eigenvalue weighted by molar-refractivity contribution is 0.769. The number of rotatable bonds is 5. The number of hydrogen-bond donors (Lipinski definition) is 0. The highest BCUT2D eigenvalue weighted by Crippen LogP contribution is 2.59. The van der Waals surface area contributed by atoms with E-state index >= 15 is 0 Å². The molecule has 13 aromatic rings. The van der Waals surface area contributed by atoms with Crippen LogP contribution in [-0.4, -0.2) is 9.13 Å². The summed E-state index contributed by atoms with van der Waals surface area (Å²) in [5.41, 5.74) is 16.8. The molecule has 302 valence electrons. The summed E-state index contributed by atoms with van der Waals surface area (Å²) in [6, 6.07) is 90.2. The van der Waals surface area contributed by atoms with Crippen molar-refractivity contribution in [3.63, 3.8) is 0 Å². The predicted molar refractivity (Wildman–Crippen MR) is 273 cm³/mol. The third-order valence-corrected chi connectivity index (χ3v) is 14.4. The molecule has 0 atom stereocenters. The molecule has 0 fully saturated rings. The first-order chi connectivity index (χ1) is 32.3. The lowest BCUT2D eigenvalue weighted by atomic mass is 9.67. The topological polar surface area (TPSA) is 9.86 Å². The van der Waals surface area contributed by atoms with Crippen LogP contribution in [0.5, 0.6) is 0 Å². The standard InChI is InChI=1S/C63H40N2/c1-3-21-45(22-4-1)63(46-23-5-2-6-24-46)54-29-13-11-28-51(54)61-55(63)36-35-50-53-40-44(34-38-60(53)65(62(50)61)57-32-16-20-42-18-8-10-26-48(42)57)43-33-37-59-52(39-43)49-27-12-14-30-58(49)64(59)56-31-15-19-41-17-7-9-25-47(41)56/h1-40H. The Balaban J connectivity index is 1.06. The number of hydrogen-bond acceptors (Lipinski definition) is 0. The van der Waals surface area contributed by atoms with Crippen molar-refractivity contribution in [2.24, 2.45) is 0 Å². The van der Waals surface area contributed by atoms with Gasteiger partial charge in [0.2, 0.25) is 0 Å². The molecule has 65 heavy (non-hydrogen) atoms. The zero-order valence-electron chi connectivity index (χ0n) is 35.5. The number of fused-ring (bicyclic) bond motifs is 12. The highest BCUT2D eigenvalue weighted by molar-refractivity contribution is 6.18. The van der Waals surface area contributed by atoms with E-state index in [0.29, 0.717) is 0 Å². The van der Waals surface area contributed by atoms with Gasteiger partial charge >= 0.3 is 0 Å². The van der Waals surface area contributed by atoms with Gasteiger partial charge in [0.05, 0.1) is 38.9 Å². The summed E-state index contributed by atoms with van der Waals surface area (Å²) in [5.74, 6) is 0. The Morgan fingerprint density at radius 2 is 0.785 bits per heavy atom. The second-order valence-electron chi connectivity index (χ2n) is 17.6. The molecule has 2 nitrogen and oxygen atoms in total. The highest BCUT2D eigenvalue weighted by atomic mass is 15.0. The van der Waals surface area contributed by atoms with E-state index in [2.05, 4.69) is 252 Å². The molecule has 0 N–H and O–H groups in total. The summed E-state index contributed by atoms with van der Waals surface area (Å²) in [6.45, 7) is 0. The molecule has 0 radical (unpaired) electrons. The highest BCUT2D eigenvalue weighted by Gasteiger charge is 2.47.